The lowest BCUT2D eigenvalue weighted by atomic mass is 10.4. The maximum absolute atomic E-state index is 9.60. The summed E-state index contributed by atoms with van der Waals surface area (Å²) >= 11 is 0. The van der Waals surface area contributed by atoms with Gasteiger partial charge in [0.25, 0.3) is 6.47 Å². The summed E-state index contributed by atoms with van der Waals surface area (Å²) in [5, 5.41) is 22.5. The van der Waals surface area contributed by atoms with Crippen LogP contribution in [0.25, 0.3) is 0 Å². The highest BCUT2D eigenvalue weighted by atomic mass is 16.4. The Morgan fingerprint density at radius 1 is 1.14 bits per heavy atom. The van der Waals surface area contributed by atoms with Gasteiger partial charge in [-0.25, -0.2) is 0 Å². The molecule has 0 unspecified atom stereocenters. The highest BCUT2D eigenvalue weighted by Gasteiger charge is 1.87. The van der Waals surface area contributed by atoms with E-state index in [1.807, 2.05) is 6.92 Å². The second-order valence-electron chi connectivity index (χ2n) is 2.00. The maximum Gasteiger partial charge on any atom is 0.303 e. The van der Waals surface area contributed by atoms with Crippen LogP contribution in [-0.2, 0) is 14.4 Å². The van der Waals surface area contributed by atoms with Gasteiger partial charge in [-0.2, -0.15) is 0 Å². The molecule has 0 spiro atoms. The van der Waals surface area contributed by atoms with E-state index in [1.54, 1.807) is 6.92 Å². The van der Waals surface area contributed by atoms with Crippen molar-refractivity contribution < 1.29 is 29.7 Å². The van der Waals surface area contributed by atoms with Gasteiger partial charge in [0, 0.05) is 12.8 Å². The first-order chi connectivity index (χ1) is 6.45. The molecule has 0 radical (unpaired) electrons. The van der Waals surface area contributed by atoms with Gasteiger partial charge < -0.3 is 15.3 Å². The molecule has 3 N–H and O–H groups in total. The summed E-state index contributed by atoms with van der Waals surface area (Å²) in [6.07, 6.45) is 1.25. The summed E-state index contributed by atoms with van der Waals surface area (Å²) in [6.45, 7) is 3.19. The molecule has 84 valence electrons. The molecule has 0 aromatic rings. The smallest absolute Gasteiger partial charge is 0.303 e. The number of aliphatic carboxylic acids is 2. The van der Waals surface area contributed by atoms with Crippen LogP contribution in [0.2, 0.25) is 0 Å². The summed E-state index contributed by atoms with van der Waals surface area (Å²) in [7, 11) is 0. The third kappa shape index (κ3) is 79.3. The highest BCUT2D eigenvalue weighted by molar-refractivity contribution is 5.66. The topological polar surface area (TPSA) is 112 Å². The van der Waals surface area contributed by atoms with Gasteiger partial charge >= 0.3 is 11.9 Å². The molecule has 0 rings (SSSR count). The molecule has 0 aromatic carbocycles. The predicted octanol–water partition coefficient (Wildman–Crippen LogP) is 1.05. The Labute approximate surface area is 82.2 Å². The molecular weight excluding hydrogens is 192 g/mol. The number of carbonyl (C=O) groups is 3. The Hall–Kier alpha value is -1.59. The quantitative estimate of drug-likeness (QED) is 0.597. The van der Waals surface area contributed by atoms with E-state index in [4.69, 9.17) is 20.1 Å². The van der Waals surface area contributed by atoms with Crippen molar-refractivity contribution >= 4 is 18.4 Å². The average molecular weight is 208 g/mol. The fourth-order valence-corrected chi connectivity index (χ4v) is 0.214. The molecule has 0 saturated heterocycles. The first-order valence-corrected chi connectivity index (χ1v) is 3.97. The average Bonchev–Trinajstić information content (AvgIpc) is 2.06. The molecule has 0 amide bonds. The third-order valence-corrected chi connectivity index (χ3v) is 0.766. The predicted molar refractivity (Wildman–Crippen MR) is 49.2 cm³/mol. The first-order valence-electron chi connectivity index (χ1n) is 3.97. The molecule has 0 aliphatic heterocycles. The number of rotatable bonds is 3. The zero-order valence-corrected chi connectivity index (χ0v) is 8.27. The van der Waals surface area contributed by atoms with Crippen molar-refractivity contribution in [1.29, 1.82) is 0 Å². The van der Waals surface area contributed by atoms with Crippen molar-refractivity contribution in [2.45, 2.75) is 33.1 Å². The Balaban J connectivity index is -0.000000138. The van der Waals surface area contributed by atoms with Crippen molar-refractivity contribution in [1.82, 2.24) is 0 Å². The molecule has 0 heterocycles. The van der Waals surface area contributed by atoms with Gasteiger partial charge in [-0.15, -0.1) is 0 Å². The molecule has 0 aliphatic rings. The van der Waals surface area contributed by atoms with Crippen molar-refractivity contribution in [2.24, 2.45) is 0 Å². The van der Waals surface area contributed by atoms with Crippen molar-refractivity contribution in [2.75, 3.05) is 0 Å². The van der Waals surface area contributed by atoms with Gasteiger partial charge in [0.2, 0.25) is 0 Å². The highest BCUT2D eigenvalue weighted by Crippen LogP contribution is 1.82. The van der Waals surface area contributed by atoms with E-state index < -0.39 is 11.9 Å². The fraction of sp³-hybridized carbons (Fsp3) is 0.625. The lowest BCUT2D eigenvalue weighted by molar-refractivity contribution is -0.137. The van der Waals surface area contributed by atoms with Crippen LogP contribution in [0.1, 0.15) is 33.1 Å². The third-order valence-electron chi connectivity index (χ3n) is 0.766. The minimum atomic E-state index is -0.745. The van der Waals surface area contributed by atoms with Crippen LogP contribution in [0.5, 0.6) is 0 Å². The van der Waals surface area contributed by atoms with E-state index >= 15 is 0 Å². The first kappa shape index (κ1) is 18.2. The molecule has 0 saturated carbocycles. The molecule has 0 aliphatic carbocycles. The second kappa shape index (κ2) is 17.5. The molecule has 0 aromatic heterocycles. The lowest BCUT2D eigenvalue weighted by Gasteiger charge is -1.79. The Morgan fingerprint density at radius 3 is 1.43 bits per heavy atom. The summed E-state index contributed by atoms with van der Waals surface area (Å²) in [6, 6.07) is 0. The van der Waals surface area contributed by atoms with E-state index in [0.29, 0.717) is 6.42 Å². The van der Waals surface area contributed by atoms with Crippen molar-refractivity contribution in [3.05, 3.63) is 0 Å². The monoisotopic (exact) mass is 208 g/mol. The summed E-state index contributed by atoms with van der Waals surface area (Å²) < 4.78 is 0. The SMILES string of the molecule is CCC(=O)O.CCCC(=O)O.O=CO. The van der Waals surface area contributed by atoms with Gasteiger partial charge in [0.15, 0.2) is 0 Å². The summed E-state index contributed by atoms with van der Waals surface area (Å²) in [4.78, 5) is 27.3. The number of carboxylic acid groups (broad SMARTS) is 3. The van der Waals surface area contributed by atoms with Gasteiger partial charge in [-0.1, -0.05) is 13.8 Å². The summed E-state index contributed by atoms with van der Waals surface area (Å²) in [5.74, 6) is -1.46. The van der Waals surface area contributed by atoms with Crippen LogP contribution in [0, 0.1) is 0 Å². The van der Waals surface area contributed by atoms with Gasteiger partial charge in [0.05, 0.1) is 0 Å². The van der Waals surface area contributed by atoms with Gasteiger partial charge in [0.1, 0.15) is 0 Å². The lowest BCUT2D eigenvalue weighted by Crippen LogP contribution is -1.90. The molecule has 0 atom stereocenters. The number of carboxylic acids is 2. The van der Waals surface area contributed by atoms with Crippen LogP contribution < -0.4 is 0 Å². The van der Waals surface area contributed by atoms with Crippen LogP contribution >= 0.6 is 0 Å². The normalized spacial score (nSPS) is 7.00. The minimum absolute atomic E-state index is 0.222. The molecular formula is C8H16O6. The molecule has 6 heteroatoms. The summed E-state index contributed by atoms with van der Waals surface area (Å²) in [5.41, 5.74) is 0. The Kier molecular flexibility index (Phi) is 22.8. The standard InChI is InChI=1S/C4H8O2.C3H6O2.CH2O2/c1-2-3-4(5)6;1-2-3(4)5;2-1-3/h2-3H2,1H3,(H,5,6);2H2,1H3,(H,4,5);1H,(H,2,3). The van der Waals surface area contributed by atoms with Crippen LogP contribution in [0.4, 0.5) is 0 Å². The van der Waals surface area contributed by atoms with Crippen LogP contribution in [-0.4, -0.2) is 33.7 Å². The van der Waals surface area contributed by atoms with E-state index in [-0.39, 0.29) is 12.9 Å². The second-order valence-corrected chi connectivity index (χ2v) is 2.00. The van der Waals surface area contributed by atoms with Crippen molar-refractivity contribution in [3.8, 4) is 0 Å². The van der Waals surface area contributed by atoms with Gasteiger partial charge in [-0.3, -0.25) is 14.4 Å². The largest absolute Gasteiger partial charge is 0.483 e. The van der Waals surface area contributed by atoms with E-state index in [1.165, 1.54) is 0 Å². The number of hydrogen-bond donors (Lipinski definition) is 3. The van der Waals surface area contributed by atoms with Crippen molar-refractivity contribution in [3.63, 3.8) is 0 Å². The zero-order valence-electron chi connectivity index (χ0n) is 8.27. The molecule has 6 nitrogen and oxygen atoms in total. The fourth-order valence-electron chi connectivity index (χ4n) is 0.214. The zero-order chi connectivity index (χ0) is 12.0. The molecule has 0 bridgehead atoms. The van der Waals surface area contributed by atoms with Crippen LogP contribution in [0.3, 0.4) is 0 Å². The number of hydrogen-bond acceptors (Lipinski definition) is 3. The van der Waals surface area contributed by atoms with E-state index in [9.17, 15) is 9.59 Å². The molecule has 0 fully saturated rings. The Bertz CT molecular complexity index is 154. The maximum atomic E-state index is 9.60. The molecule has 14 heavy (non-hydrogen) atoms. The van der Waals surface area contributed by atoms with E-state index in [2.05, 4.69) is 0 Å². The van der Waals surface area contributed by atoms with Gasteiger partial charge in [-0.05, 0) is 6.42 Å². The Morgan fingerprint density at radius 2 is 1.43 bits per heavy atom. The van der Waals surface area contributed by atoms with E-state index in [0.717, 1.165) is 6.42 Å². The minimum Gasteiger partial charge on any atom is -0.483 e. The van der Waals surface area contributed by atoms with Crippen LogP contribution in [0.15, 0.2) is 0 Å².